The molecular formula is C17H17ClN4O2. The molecule has 0 aliphatic heterocycles. The smallest absolute Gasteiger partial charge is 0.323 e. The third-order valence-corrected chi connectivity index (χ3v) is 3.72. The van der Waals surface area contributed by atoms with E-state index < -0.39 is 0 Å². The monoisotopic (exact) mass is 344 g/mol. The molecule has 0 fully saturated rings. The maximum Gasteiger partial charge on any atom is 0.323 e. The number of benzene rings is 2. The molecule has 3 aromatic rings. The van der Waals surface area contributed by atoms with Crippen LogP contribution in [-0.4, -0.2) is 30.2 Å². The van der Waals surface area contributed by atoms with Crippen molar-refractivity contribution in [2.75, 3.05) is 24.7 Å². The van der Waals surface area contributed by atoms with Gasteiger partial charge in [-0.05, 0) is 44.4 Å². The average Bonchev–Trinajstić information content (AvgIpc) is 2.91. The Morgan fingerprint density at radius 1 is 1.21 bits per heavy atom. The molecule has 2 N–H and O–H groups in total. The number of nitrogens with zero attached hydrogens (tertiary/aromatic N) is 2. The first-order valence-corrected chi connectivity index (χ1v) is 7.76. The summed E-state index contributed by atoms with van der Waals surface area (Å²) in [7, 11) is 3.92. The van der Waals surface area contributed by atoms with Gasteiger partial charge in [0.05, 0.1) is 10.7 Å². The average molecular weight is 345 g/mol. The minimum atomic E-state index is -0.368. The van der Waals surface area contributed by atoms with Gasteiger partial charge in [-0.15, -0.1) is 0 Å². The Kier molecular flexibility index (Phi) is 4.69. The highest BCUT2D eigenvalue weighted by molar-refractivity contribution is 6.33. The highest BCUT2D eigenvalue weighted by Crippen LogP contribution is 2.24. The second-order valence-corrected chi connectivity index (χ2v) is 6.04. The molecule has 0 aliphatic carbocycles. The number of urea groups is 1. The van der Waals surface area contributed by atoms with E-state index in [1.807, 2.05) is 25.1 Å². The van der Waals surface area contributed by atoms with Gasteiger partial charge in [0.25, 0.3) is 0 Å². The van der Waals surface area contributed by atoms with Crippen molar-refractivity contribution in [1.29, 1.82) is 0 Å². The van der Waals surface area contributed by atoms with E-state index in [1.54, 1.807) is 36.4 Å². The zero-order chi connectivity index (χ0) is 17.1. The van der Waals surface area contributed by atoms with Crippen LogP contribution in [0.3, 0.4) is 0 Å². The Labute approximate surface area is 144 Å². The van der Waals surface area contributed by atoms with Crippen LogP contribution in [0, 0.1) is 0 Å². The zero-order valence-electron chi connectivity index (χ0n) is 13.3. The van der Waals surface area contributed by atoms with Gasteiger partial charge in [-0.25, -0.2) is 4.79 Å². The minimum Gasteiger partial charge on any atom is -0.356 e. The predicted molar refractivity (Wildman–Crippen MR) is 95.5 cm³/mol. The molecule has 24 heavy (non-hydrogen) atoms. The molecule has 0 unspecified atom stereocenters. The van der Waals surface area contributed by atoms with Crippen LogP contribution in [0.5, 0.6) is 0 Å². The molecule has 2 amide bonds. The lowest BCUT2D eigenvalue weighted by Crippen LogP contribution is -2.19. The Morgan fingerprint density at radius 2 is 2.00 bits per heavy atom. The number of para-hydroxylation sites is 1. The molecule has 1 aromatic heterocycles. The van der Waals surface area contributed by atoms with Crippen molar-refractivity contribution in [1.82, 2.24) is 10.1 Å². The van der Waals surface area contributed by atoms with Gasteiger partial charge in [0.2, 0.25) is 0 Å². The number of halogens is 1. The van der Waals surface area contributed by atoms with Gasteiger partial charge < -0.3 is 20.1 Å². The topological polar surface area (TPSA) is 70.4 Å². The zero-order valence-corrected chi connectivity index (χ0v) is 14.1. The van der Waals surface area contributed by atoms with Gasteiger partial charge in [-0.2, -0.15) is 0 Å². The van der Waals surface area contributed by atoms with Gasteiger partial charge in [0, 0.05) is 17.6 Å². The number of aromatic nitrogens is 1. The van der Waals surface area contributed by atoms with Gasteiger partial charge in [0.1, 0.15) is 5.69 Å². The second-order valence-electron chi connectivity index (χ2n) is 5.64. The Morgan fingerprint density at radius 3 is 2.75 bits per heavy atom. The van der Waals surface area contributed by atoms with Gasteiger partial charge >= 0.3 is 6.03 Å². The first kappa shape index (κ1) is 16.3. The van der Waals surface area contributed by atoms with Crippen LogP contribution >= 0.6 is 11.6 Å². The number of rotatable bonds is 4. The fraction of sp³-hybridized carbons (Fsp3) is 0.176. The molecule has 7 heteroatoms. The van der Waals surface area contributed by atoms with E-state index in [9.17, 15) is 4.79 Å². The molecular weight excluding hydrogens is 328 g/mol. The summed E-state index contributed by atoms with van der Waals surface area (Å²) in [5, 5.41) is 10.9. The van der Waals surface area contributed by atoms with Crippen molar-refractivity contribution < 1.29 is 9.32 Å². The lowest BCUT2D eigenvalue weighted by atomic mass is 10.2. The quantitative estimate of drug-likeness (QED) is 0.744. The van der Waals surface area contributed by atoms with Crippen molar-refractivity contribution in [3.63, 3.8) is 0 Å². The number of amides is 2. The maximum atomic E-state index is 12.1. The summed E-state index contributed by atoms with van der Waals surface area (Å²) in [5.41, 5.74) is 2.71. The molecule has 2 aromatic carbocycles. The van der Waals surface area contributed by atoms with Crippen LogP contribution in [0.2, 0.25) is 5.02 Å². The molecule has 0 bridgehead atoms. The van der Waals surface area contributed by atoms with Crippen molar-refractivity contribution in [3.8, 4) is 0 Å². The number of nitrogens with one attached hydrogen (secondary N) is 2. The summed E-state index contributed by atoms with van der Waals surface area (Å²) in [5.74, 6) is 0. The van der Waals surface area contributed by atoms with E-state index in [2.05, 4.69) is 15.8 Å². The maximum absolute atomic E-state index is 12.1. The molecule has 3 rings (SSSR count). The number of hydrogen-bond donors (Lipinski definition) is 2. The van der Waals surface area contributed by atoms with E-state index in [0.717, 1.165) is 11.1 Å². The summed E-state index contributed by atoms with van der Waals surface area (Å²) in [6, 6.07) is 12.1. The fourth-order valence-corrected chi connectivity index (χ4v) is 2.51. The molecule has 124 valence electrons. The number of carbonyl (C=O) groups is 1. The third kappa shape index (κ3) is 3.67. The van der Waals surface area contributed by atoms with Gasteiger partial charge in [0.15, 0.2) is 5.58 Å². The third-order valence-electron chi connectivity index (χ3n) is 3.39. The number of anilines is 2. The van der Waals surface area contributed by atoms with Crippen LogP contribution in [-0.2, 0) is 6.54 Å². The summed E-state index contributed by atoms with van der Waals surface area (Å²) >= 11 is 6.04. The molecule has 0 spiro atoms. The first-order chi connectivity index (χ1) is 11.5. The SMILES string of the molecule is CN(C)Cc1noc2ccc(NC(=O)Nc3ccccc3Cl)cc12. The van der Waals surface area contributed by atoms with Crippen molar-refractivity contribution in [3.05, 3.63) is 53.2 Å². The second kappa shape index (κ2) is 6.90. The van der Waals surface area contributed by atoms with Gasteiger partial charge in [-0.1, -0.05) is 28.9 Å². The first-order valence-electron chi connectivity index (χ1n) is 7.38. The molecule has 0 aliphatic rings. The summed E-state index contributed by atoms with van der Waals surface area (Å²) in [6.45, 7) is 0.655. The normalized spacial score (nSPS) is 11.0. The Hall–Kier alpha value is -2.57. The predicted octanol–water partition coefficient (Wildman–Crippen LogP) is 4.19. The standard InChI is InChI=1S/C17H17ClN4O2/c1-22(2)10-15-12-9-11(7-8-16(12)24-21-15)19-17(23)20-14-6-4-3-5-13(14)18/h3-9H,10H2,1-2H3,(H2,19,20,23). The largest absolute Gasteiger partial charge is 0.356 e. The minimum absolute atomic E-state index is 0.368. The highest BCUT2D eigenvalue weighted by Gasteiger charge is 2.11. The van der Waals surface area contributed by atoms with E-state index in [1.165, 1.54) is 0 Å². The summed E-state index contributed by atoms with van der Waals surface area (Å²) in [4.78, 5) is 14.1. The van der Waals surface area contributed by atoms with Crippen LogP contribution in [0.4, 0.5) is 16.2 Å². The number of fused-ring (bicyclic) bond motifs is 1. The molecule has 1 heterocycles. The number of hydrogen-bond acceptors (Lipinski definition) is 4. The lowest BCUT2D eigenvalue weighted by molar-refractivity contribution is 0.262. The fourth-order valence-electron chi connectivity index (χ4n) is 2.33. The lowest BCUT2D eigenvalue weighted by Gasteiger charge is -2.09. The highest BCUT2D eigenvalue weighted by atomic mass is 35.5. The van der Waals surface area contributed by atoms with Crippen LogP contribution < -0.4 is 10.6 Å². The van der Waals surface area contributed by atoms with Crippen LogP contribution in [0.1, 0.15) is 5.69 Å². The molecule has 6 nitrogen and oxygen atoms in total. The van der Waals surface area contributed by atoms with E-state index in [0.29, 0.717) is 28.5 Å². The summed E-state index contributed by atoms with van der Waals surface area (Å²) in [6.07, 6.45) is 0. The Bertz CT molecular complexity index is 876. The van der Waals surface area contributed by atoms with Crippen molar-refractivity contribution in [2.45, 2.75) is 6.54 Å². The molecule has 0 saturated carbocycles. The molecule has 0 atom stereocenters. The molecule has 0 radical (unpaired) electrons. The van der Waals surface area contributed by atoms with E-state index in [-0.39, 0.29) is 6.03 Å². The number of carbonyl (C=O) groups excluding carboxylic acids is 1. The molecule has 0 saturated heterocycles. The van der Waals surface area contributed by atoms with E-state index >= 15 is 0 Å². The summed E-state index contributed by atoms with van der Waals surface area (Å²) < 4.78 is 5.30. The van der Waals surface area contributed by atoms with E-state index in [4.69, 9.17) is 16.1 Å². The Balaban J connectivity index is 1.77. The van der Waals surface area contributed by atoms with Crippen molar-refractivity contribution in [2.24, 2.45) is 0 Å². The van der Waals surface area contributed by atoms with Crippen LogP contribution in [0.15, 0.2) is 47.0 Å². The van der Waals surface area contributed by atoms with Crippen LogP contribution in [0.25, 0.3) is 11.0 Å². The van der Waals surface area contributed by atoms with Crippen molar-refractivity contribution >= 4 is 40.0 Å². The van der Waals surface area contributed by atoms with Gasteiger partial charge in [-0.3, -0.25) is 0 Å².